The summed E-state index contributed by atoms with van der Waals surface area (Å²) in [7, 11) is 1.87. The normalized spacial score (nSPS) is 13.7. The number of carbonyl (C=O) groups is 1. The Kier molecular flexibility index (Phi) is 4.56. The van der Waals surface area contributed by atoms with Crippen molar-refractivity contribution < 1.29 is 9.53 Å². The number of aromatic nitrogens is 3. The second-order valence-corrected chi connectivity index (χ2v) is 7.19. The van der Waals surface area contributed by atoms with Crippen molar-refractivity contribution in [1.82, 2.24) is 20.1 Å². The minimum Gasteiger partial charge on any atom is -0.492 e. The van der Waals surface area contributed by atoms with E-state index in [1.807, 2.05) is 51.2 Å². The van der Waals surface area contributed by atoms with Crippen LogP contribution in [0.2, 0.25) is 0 Å². The number of carbonyl (C=O) groups excluding carboxylic acids is 1. The number of hydrogen-bond acceptors (Lipinski definition) is 4. The fraction of sp³-hybridized carbons (Fsp3) is 0.381. The number of benzene rings is 1. The zero-order chi connectivity index (χ0) is 19.0. The molecule has 0 radical (unpaired) electrons. The lowest BCUT2D eigenvalue weighted by molar-refractivity contribution is 0.0948. The Labute approximate surface area is 158 Å². The summed E-state index contributed by atoms with van der Waals surface area (Å²) in [5.74, 6) is 1.18. The molecular formula is C21H24N4O2. The maximum absolute atomic E-state index is 12.8. The summed E-state index contributed by atoms with van der Waals surface area (Å²) >= 11 is 0. The van der Waals surface area contributed by atoms with Gasteiger partial charge in [0.1, 0.15) is 12.4 Å². The first-order valence-corrected chi connectivity index (χ1v) is 9.35. The molecule has 2 aromatic heterocycles. The molecule has 1 saturated carbocycles. The highest BCUT2D eigenvalue weighted by Crippen LogP contribution is 2.40. The fourth-order valence-electron chi connectivity index (χ4n) is 3.29. The number of nitrogens with zero attached hydrogens (tertiary/aromatic N) is 3. The first-order valence-electron chi connectivity index (χ1n) is 9.35. The molecule has 1 aliphatic rings. The van der Waals surface area contributed by atoms with Crippen molar-refractivity contribution in [2.45, 2.75) is 32.6 Å². The number of hydrogen-bond donors (Lipinski definition) is 1. The van der Waals surface area contributed by atoms with Gasteiger partial charge >= 0.3 is 0 Å². The van der Waals surface area contributed by atoms with Gasteiger partial charge in [0.15, 0.2) is 5.65 Å². The van der Waals surface area contributed by atoms with E-state index >= 15 is 0 Å². The van der Waals surface area contributed by atoms with Crippen molar-refractivity contribution in [2.24, 2.45) is 7.05 Å². The Hall–Kier alpha value is -2.89. The molecule has 6 nitrogen and oxygen atoms in total. The summed E-state index contributed by atoms with van der Waals surface area (Å²) in [6.07, 6.45) is 2.28. The highest BCUT2D eigenvalue weighted by molar-refractivity contribution is 6.06. The molecule has 140 valence electrons. The molecule has 0 spiro atoms. The predicted octanol–water partition coefficient (Wildman–Crippen LogP) is 3.27. The van der Waals surface area contributed by atoms with Crippen molar-refractivity contribution >= 4 is 16.9 Å². The third-order valence-corrected chi connectivity index (χ3v) is 4.91. The molecule has 1 aliphatic carbocycles. The molecule has 27 heavy (non-hydrogen) atoms. The van der Waals surface area contributed by atoms with Crippen LogP contribution in [0.1, 0.15) is 46.1 Å². The topological polar surface area (TPSA) is 69.0 Å². The molecule has 1 N–H and O–H groups in total. The zero-order valence-corrected chi connectivity index (χ0v) is 16.0. The van der Waals surface area contributed by atoms with Crippen LogP contribution >= 0.6 is 0 Å². The number of nitrogens with one attached hydrogen (secondary N) is 1. The number of pyridine rings is 1. The number of amides is 1. The van der Waals surface area contributed by atoms with Gasteiger partial charge in [-0.2, -0.15) is 5.10 Å². The summed E-state index contributed by atoms with van der Waals surface area (Å²) in [5, 5.41) is 8.25. The van der Waals surface area contributed by atoms with Gasteiger partial charge in [-0.05, 0) is 44.9 Å². The monoisotopic (exact) mass is 364 g/mol. The van der Waals surface area contributed by atoms with Crippen molar-refractivity contribution in [1.29, 1.82) is 0 Å². The van der Waals surface area contributed by atoms with Gasteiger partial charge in [-0.15, -0.1) is 0 Å². The lowest BCUT2D eigenvalue weighted by Gasteiger charge is -2.10. The van der Waals surface area contributed by atoms with Crippen LogP contribution in [0.25, 0.3) is 11.0 Å². The first-order chi connectivity index (χ1) is 13.0. The second-order valence-electron chi connectivity index (χ2n) is 7.19. The molecule has 0 unspecified atom stereocenters. The third-order valence-electron chi connectivity index (χ3n) is 4.91. The second kappa shape index (κ2) is 7.02. The summed E-state index contributed by atoms with van der Waals surface area (Å²) in [6, 6.07) is 9.82. The zero-order valence-electron chi connectivity index (χ0n) is 16.0. The Morgan fingerprint density at radius 3 is 2.70 bits per heavy atom. The standard InChI is InChI=1S/C21H24N4O2/c1-13-4-8-16(9-5-13)27-11-10-22-21(26)17-12-18(15-6-7-15)23-20-19(17)14(2)24-25(20)3/h4-5,8-9,12,15H,6-7,10-11H2,1-3H3,(H,22,26). The van der Waals surface area contributed by atoms with E-state index in [9.17, 15) is 4.79 Å². The van der Waals surface area contributed by atoms with Gasteiger partial charge in [-0.25, -0.2) is 4.98 Å². The predicted molar refractivity (Wildman–Crippen MR) is 104 cm³/mol. The van der Waals surface area contributed by atoms with Crippen molar-refractivity contribution in [3.05, 3.63) is 52.8 Å². The Morgan fingerprint density at radius 1 is 1.26 bits per heavy atom. The summed E-state index contributed by atoms with van der Waals surface area (Å²) < 4.78 is 7.45. The van der Waals surface area contributed by atoms with Gasteiger partial charge in [0.05, 0.1) is 23.2 Å². The Bertz CT molecular complexity index is 988. The number of rotatable bonds is 6. The molecule has 0 atom stereocenters. The average Bonchev–Trinajstić information content (AvgIpc) is 3.46. The molecule has 1 aromatic carbocycles. The summed E-state index contributed by atoms with van der Waals surface area (Å²) in [4.78, 5) is 17.6. The quantitative estimate of drug-likeness (QED) is 0.682. The summed E-state index contributed by atoms with van der Waals surface area (Å²) in [6.45, 7) is 4.81. The van der Waals surface area contributed by atoms with Crippen LogP contribution in [-0.4, -0.2) is 33.8 Å². The molecule has 0 saturated heterocycles. The van der Waals surface area contributed by atoms with E-state index in [4.69, 9.17) is 9.72 Å². The third kappa shape index (κ3) is 3.65. The molecule has 1 amide bonds. The van der Waals surface area contributed by atoms with E-state index in [1.165, 1.54) is 5.56 Å². The SMILES string of the molecule is Cc1ccc(OCCNC(=O)c2cc(C3CC3)nc3c2c(C)nn3C)cc1. The van der Waals surface area contributed by atoms with Crippen LogP contribution in [0.3, 0.4) is 0 Å². The molecule has 2 heterocycles. The highest BCUT2D eigenvalue weighted by Gasteiger charge is 2.28. The van der Waals surface area contributed by atoms with E-state index in [1.54, 1.807) is 4.68 Å². The van der Waals surface area contributed by atoms with Crippen LogP contribution in [0.4, 0.5) is 0 Å². The fourth-order valence-corrected chi connectivity index (χ4v) is 3.29. The van der Waals surface area contributed by atoms with E-state index in [-0.39, 0.29) is 5.91 Å². The lowest BCUT2D eigenvalue weighted by Crippen LogP contribution is -2.28. The van der Waals surface area contributed by atoms with Gasteiger partial charge in [-0.1, -0.05) is 17.7 Å². The smallest absolute Gasteiger partial charge is 0.252 e. The number of fused-ring (bicyclic) bond motifs is 1. The number of aryl methyl sites for hydroxylation is 3. The van der Waals surface area contributed by atoms with Gasteiger partial charge in [0, 0.05) is 18.7 Å². The van der Waals surface area contributed by atoms with Crippen molar-refractivity contribution in [2.75, 3.05) is 13.2 Å². The Morgan fingerprint density at radius 2 is 2.00 bits per heavy atom. The molecule has 4 rings (SSSR count). The van der Waals surface area contributed by atoms with Gasteiger partial charge in [0.25, 0.3) is 5.91 Å². The minimum absolute atomic E-state index is 0.104. The van der Waals surface area contributed by atoms with Gasteiger partial charge < -0.3 is 10.1 Å². The molecule has 3 aromatic rings. The molecule has 0 aliphatic heterocycles. The number of ether oxygens (including phenoxy) is 1. The van der Waals surface area contributed by atoms with Crippen molar-refractivity contribution in [3.8, 4) is 5.75 Å². The molecular weight excluding hydrogens is 340 g/mol. The van der Waals surface area contributed by atoms with Gasteiger partial charge in [0.2, 0.25) is 0 Å². The first kappa shape index (κ1) is 17.5. The van der Waals surface area contributed by atoms with Crippen molar-refractivity contribution in [3.63, 3.8) is 0 Å². The largest absolute Gasteiger partial charge is 0.492 e. The molecule has 0 bridgehead atoms. The van der Waals surface area contributed by atoms with Crippen LogP contribution in [-0.2, 0) is 7.05 Å². The van der Waals surface area contributed by atoms with Crippen LogP contribution in [0.5, 0.6) is 5.75 Å². The van der Waals surface area contributed by atoms with E-state index in [0.717, 1.165) is 41.0 Å². The van der Waals surface area contributed by atoms with Crippen LogP contribution < -0.4 is 10.1 Å². The maximum Gasteiger partial charge on any atom is 0.252 e. The highest BCUT2D eigenvalue weighted by atomic mass is 16.5. The van der Waals surface area contributed by atoms with E-state index in [2.05, 4.69) is 10.4 Å². The lowest BCUT2D eigenvalue weighted by atomic mass is 10.1. The van der Waals surface area contributed by atoms with Gasteiger partial charge in [-0.3, -0.25) is 9.48 Å². The minimum atomic E-state index is -0.104. The Balaban J connectivity index is 1.47. The van der Waals surface area contributed by atoms with E-state index < -0.39 is 0 Å². The van der Waals surface area contributed by atoms with Crippen LogP contribution in [0.15, 0.2) is 30.3 Å². The maximum atomic E-state index is 12.8. The summed E-state index contributed by atoms with van der Waals surface area (Å²) in [5.41, 5.74) is 4.44. The van der Waals surface area contributed by atoms with E-state index in [0.29, 0.717) is 24.6 Å². The average molecular weight is 364 g/mol. The molecule has 6 heteroatoms. The van der Waals surface area contributed by atoms with Crippen LogP contribution in [0, 0.1) is 13.8 Å². The molecule has 1 fully saturated rings.